The van der Waals surface area contributed by atoms with E-state index >= 15 is 0 Å². The fourth-order valence-electron chi connectivity index (χ4n) is 14.4. The molecule has 0 aliphatic carbocycles. The summed E-state index contributed by atoms with van der Waals surface area (Å²) in [5.41, 5.74) is 0. The number of amides is 2. The van der Waals surface area contributed by atoms with E-state index in [4.69, 9.17) is 32.9 Å². The lowest BCUT2D eigenvalue weighted by atomic mass is 9.95. The highest BCUT2D eigenvalue weighted by Crippen LogP contribution is 2.43. The second-order valence-electron chi connectivity index (χ2n) is 30.7. The zero-order chi connectivity index (χ0) is 77.0. The van der Waals surface area contributed by atoms with Crippen molar-refractivity contribution in [3.8, 4) is 0 Å². The summed E-state index contributed by atoms with van der Waals surface area (Å²) < 4.78 is 54.8. The quantitative estimate of drug-likeness (QED) is 0.0118. The van der Waals surface area contributed by atoms with Crippen LogP contribution in [0.25, 0.3) is 0 Å². The predicted molar refractivity (Wildman–Crippen MR) is 413 cm³/mol. The molecule has 0 spiro atoms. The van der Waals surface area contributed by atoms with E-state index in [-0.39, 0.29) is 19.3 Å². The fourth-order valence-corrected chi connectivity index (χ4v) is 15.0. The SMILES string of the molecule is CCCCCCCCCCCCCC(=O)O[C@H](CCCCCCCCCCC)CC(=O)N[C@H]1[C@H](OC[C@H]2O[C@H](O)[C@H](NC(=O)C[C@@H](O)CCCCCCCCCCC)[C@@H](O)[C@@H]2O)O[C@H](CO)[C@@H](OP(=O)(O)O)[C@@H]1OC(=O)C[C@@H](CCCCCCCCCCC)OC(=O)CCCCCCCCCCCCC. The van der Waals surface area contributed by atoms with Crippen molar-refractivity contribution in [2.75, 3.05) is 13.2 Å². The first kappa shape index (κ1) is 98.2. The molecule has 2 aliphatic rings. The van der Waals surface area contributed by atoms with E-state index < -0.39 is 143 Å². The summed E-state index contributed by atoms with van der Waals surface area (Å²) in [6, 6.07) is -3.31. The lowest BCUT2D eigenvalue weighted by molar-refractivity contribution is -0.297. The van der Waals surface area contributed by atoms with Gasteiger partial charge in [0.2, 0.25) is 11.8 Å². The van der Waals surface area contributed by atoms with Crippen LogP contribution in [0, 0.1) is 0 Å². The number of carbonyl (C=O) groups is 5. The molecule has 13 atom stereocenters. The highest BCUT2D eigenvalue weighted by Gasteiger charge is 2.53. The number of rotatable bonds is 71. The van der Waals surface area contributed by atoms with Crippen LogP contribution in [0.3, 0.4) is 0 Å². The molecule has 23 heteroatoms. The molecule has 0 bridgehead atoms. The molecule has 0 unspecified atom stereocenters. The van der Waals surface area contributed by atoms with Crippen molar-refractivity contribution in [2.45, 2.75) is 480 Å². The number of hydrogen-bond acceptors (Lipinski definition) is 18. The van der Waals surface area contributed by atoms with Crippen LogP contribution >= 0.6 is 7.82 Å². The van der Waals surface area contributed by atoms with Crippen LogP contribution in [-0.2, 0) is 61.5 Å². The Labute approximate surface area is 635 Å². The Balaban J connectivity index is 2.52. The molecule has 0 aromatic heterocycles. The van der Waals surface area contributed by atoms with Gasteiger partial charge in [-0.15, -0.1) is 0 Å². The lowest BCUT2D eigenvalue weighted by Gasteiger charge is -2.46. The number of hydrogen-bond donors (Lipinski definition) is 9. The Hall–Kier alpha value is -2.86. The molecule has 0 aromatic rings. The van der Waals surface area contributed by atoms with Gasteiger partial charge < -0.3 is 74.4 Å². The first-order valence-electron chi connectivity index (χ1n) is 43.0. The molecular formula is C82H155N2O20P. The van der Waals surface area contributed by atoms with E-state index in [9.17, 15) is 63.9 Å². The molecule has 2 fully saturated rings. The smallest absolute Gasteiger partial charge is 0.462 e. The monoisotopic (exact) mass is 1520 g/mol. The number of carbonyl (C=O) groups excluding carboxylic acids is 5. The highest BCUT2D eigenvalue weighted by molar-refractivity contribution is 7.46. The average Bonchev–Trinajstić information content (AvgIpc) is 0.771. The third-order valence-electron chi connectivity index (χ3n) is 20.8. The minimum Gasteiger partial charge on any atom is -0.462 e. The van der Waals surface area contributed by atoms with Gasteiger partial charge >= 0.3 is 25.7 Å². The molecular weight excluding hydrogens is 1360 g/mol. The summed E-state index contributed by atoms with van der Waals surface area (Å²) in [4.78, 5) is 91.0. The lowest BCUT2D eigenvalue weighted by Crippen LogP contribution is -2.67. The fraction of sp³-hybridized carbons (Fsp3) is 0.939. The predicted octanol–water partition coefficient (Wildman–Crippen LogP) is 17.0. The first-order valence-corrected chi connectivity index (χ1v) is 44.5. The number of phosphoric acid groups is 1. The molecule has 22 nitrogen and oxygen atoms in total. The van der Waals surface area contributed by atoms with Crippen LogP contribution < -0.4 is 10.6 Å². The van der Waals surface area contributed by atoms with Gasteiger partial charge in [-0.2, -0.15) is 0 Å². The van der Waals surface area contributed by atoms with E-state index in [1.54, 1.807) is 0 Å². The molecule has 2 saturated heterocycles. The van der Waals surface area contributed by atoms with Gasteiger partial charge in [-0.1, -0.05) is 324 Å². The molecule has 618 valence electrons. The van der Waals surface area contributed by atoms with Gasteiger partial charge in [-0.05, 0) is 44.9 Å². The zero-order valence-corrected chi connectivity index (χ0v) is 67.5. The molecule has 2 heterocycles. The molecule has 0 radical (unpaired) electrons. The minimum absolute atomic E-state index is 0.130. The number of esters is 3. The number of aliphatic hydroxyl groups is 5. The molecule has 0 saturated carbocycles. The van der Waals surface area contributed by atoms with Crippen molar-refractivity contribution in [1.82, 2.24) is 10.6 Å². The summed E-state index contributed by atoms with van der Waals surface area (Å²) in [5.74, 6) is -3.45. The Morgan fingerprint density at radius 3 is 1.12 bits per heavy atom. The van der Waals surface area contributed by atoms with Crippen LogP contribution in [0.5, 0.6) is 0 Å². The third-order valence-corrected chi connectivity index (χ3v) is 21.4. The van der Waals surface area contributed by atoms with Gasteiger partial charge in [-0.25, -0.2) is 4.57 Å². The normalized spacial score (nSPS) is 21.4. The average molecular weight is 1520 g/mol. The Morgan fingerprint density at radius 1 is 0.400 bits per heavy atom. The highest BCUT2D eigenvalue weighted by atomic mass is 31.2. The Morgan fingerprint density at radius 2 is 0.743 bits per heavy atom. The maximum absolute atomic E-state index is 14.8. The minimum atomic E-state index is -5.56. The number of nitrogens with one attached hydrogen (secondary N) is 2. The third kappa shape index (κ3) is 50.6. The van der Waals surface area contributed by atoms with Crippen LogP contribution in [0.2, 0.25) is 0 Å². The number of unbranched alkanes of at least 4 members (excludes halogenated alkanes) is 44. The number of phosphoric ester groups is 1. The van der Waals surface area contributed by atoms with Gasteiger partial charge in [0.1, 0.15) is 54.8 Å². The van der Waals surface area contributed by atoms with E-state index in [2.05, 4.69) is 45.3 Å². The molecule has 2 amide bonds. The molecule has 105 heavy (non-hydrogen) atoms. The van der Waals surface area contributed by atoms with Crippen molar-refractivity contribution in [3.05, 3.63) is 0 Å². The van der Waals surface area contributed by atoms with Gasteiger partial charge in [0.05, 0.1) is 38.6 Å². The van der Waals surface area contributed by atoms with E-state index in [1.807, 2.05) is 0 Å². The van der Waals surface area contributed by atoms with Crippen molar-refractivity contribution in [1.29, 1.82) is 0 Å². The topological polar surface area (TPSA) is 333 Å². The maximum atomic E-state index is 14.8. The standard InChI is InChI=1S/C82H155N2O20P/c1-6-11-16-21-26-31-33-38-43-48-53-58-72(89)99-66(56-51-46-41-36-29-24-19-14-9-4)61-71(88)84-76-80(103-74(91)62-67(57-52-47-42-37-30-25-20-15-10-5)100-73(90)59-54-49-44-39-34-32-27-22-17-12-7-2)79(104-105(95,96)97)68(63-85)102-82(76)98-64-69-77(92)78(93)75(81(94)101-69)83-70(87)60-65(86)55-50-45-40-35-28-23-18-13-8-3/h65-69,75-82,85-86,92-94H,6-64H2,1-5H3,(H,83,87)(H,84,88)(H2,95,96,97)/t65-,66+,67+,68+,69+,75+,76+,77+,78+,79+,80+,81-,82+/m0/s1. The van der Waals surface area contributed by atoms with E-state index in [0.29, 0.717) is 51.4 Å². The van der Waals surface area contributed by atoms with Crippen molar-refractivity contribution in [2.24, 2.45) is 0 Å². The van der Waals surface area contributed by atoms with Crippen molar-refractivity contribution >= 4 is 37.5 Å². The first-order chi connectivity index (χ1) is 50.8. The Kier molecular flexibility index (Phi) is 60.6. The van der Waals surface area contributed by atoms with Gasteiger partial charge in [0.15, 0.2) is 18.7 Å². The number of ether oxygens (including phenoxy) is 6. The van der Waals surface area contributed by atoms with Crippen LogP contribution in [0.4, 0.5) is 0 Å². The van der Waals surface area contributed by atoms with Gasteiger partial charge in [0, 0.05) is 12.8 Å². The second-order valence-corrected chi connectivity index (χ2v) is 31.9. The Bertz CT molecular complexity index is 2180. The summed E-state index contributed by atoms with van der Waals surface area (Å²) in [6.45, 7) is 9.19. The van der Waals surface area contributed by atoms with Crippen molar-refractivity contribution in [3.63, 3.8) is 0 Å². The van der Waals surface area contributed by atoms with Crippen molar-refractivity contribution < 1.29 is 96.8 Å². The van der Waals surface area contributed by atoms with Crippen LogP contribution in [0.1, 0.15) is 401 Å². The summed E-state index contributed by atoms with van der Waals surface area (Å²) >= 11 is 0. The van der Waals surface area contributed by atoms with Gasteiger partial charge in [-0.3, -0.25) is 28.5 Å². The molecule has 9 N–H and O–H groups in total. The van der Waals surface area contributed by atoms with E-state index in [0.717, 1.165) is 154 Å². The largest absolute Gasteiger partial charge is 0.470 e. The number of aliphatic hydroxyl groups excluding tert-OH is 5. The maximum Gasteiger partial charge on any atom is 0.470 e. The second kappa shape index (κ2) is 64.8. The zero-order valence-electron chi connectivity index (χ0n) is 66.6. The van der Waals surface area contributed by atoms with Gasteiger partial charge in [0.25, 0.3) is 0 Å². The molecule has 0 aromatic carbocycles. The van der Waals surface area contributed by atoms with E-state index in [1.165, 1.54) is 128 Å². The van der Waals surface area contributed by atoms with Crippen LogP contribution in [-0.4, -0.2) is 158 Å². The molecule has 2 rings (SSSR count). The summed E-state index contributed by atoms with van der Waals surface area (Å²) in [7, 11) is -5.56. The molecule has 2 aliphatic heterocycles. The van der Waals surface area contributed by atoms with Crippen LogP contribution in [0.15, 0.2) is 0 Å². The summed E-state index contributed by atoms with van der Waals surface area (Å²) in [5, 5.41) is 61.3. The summed E-state index contributed by atoms with van der Waals surface area (Å²) in [6.07, 6.45) is 34.5.